The lowest BCUT2D eigenvalue weighted by Crippen LogP contribution is -2.49. The second-order valence-corrected chi connectivity index (χ2v) is 5.73. The van der Waals surface area contributed by atoms with E-state index in [0.29, 0.717) is 17.7 Å². The van der Waals surface area contributed by atoms with Crippen LogP contribution in [0.5, 0.6) is 0 Å². The summed E-state index contributed by atoms with van der Waals surface area (Å²) >= 11 is 1.53. The van der Waals surface area contributed by atoms with Crippen LogP contribution in [-0.2, 0) is 4.79 Å². The van der Waals surface area contributed by atoms with Gasteiger partial charge in [0.15, 0.2) is 11.6 Å². The minimum Gasteiger partial charge on any atom is -0.352 e. The van der Waals surface area contributed by atoms with E-state index < -0.39 is 35.7 Å². The Labute approximate surface area is 132 Å². The first-order valence-corrected chi connectivity index (χ1v) is 8.04. The molecule has 0 aliphatic rings. The van der Waals surface area contributed by atoms with Crippen LogP contribution in [0.25, 0.3) is 0 Å². The van der Waals surface area contributed by atoms with Crippen LogP contribution in [0.1, 0.15) is 24.9 Å². The minimum atomic E-state index is -0.979. The molecule has 0 saturated carbocycles. The molecule has 0 aromatic heterocycles. The maximum absolute atomic E-state index is 13.2. The van der Waals surface area contributed by atoms with Crippen molar-refractivity contribution in [2.75, 3.05) is 12.0 Å². The Kier molecular flexibility index (Phi) is 7.10. The zero-order valence-corrected chi connectivity index (χ0v) is 13.2. The molecule has 3 amide bonds. The van der Waals surface area contributed by atoms with E-state index in [1.54, 1.807) is 6.92 Å². The van der Waals surface area contributed by atoms with Crippen LogP contribution in [0.2, 0.25) is 0 Å². The average molecular weight is 331 g/mol. The lowest BCUT2D eigenvalue weighted by Gasteiger charge is -2.20. The number of rotatable bonds is 7. The van der Waals surface area contributed by atoms with Gasteiger partial charge in [-0.1, -0.05) is 6.07 Å². The van der Waals surface area contributed by atoms with Crippen molar-refractivity contribution < 1.29 is 18.4 Å². The Morgan fingerprint density at radius 3 is 2.50 bits per heavy atom. The van der Waals surface area contributed by atoms with Gasteiger partial charge in [0.1, 0.15) is 6.04 Å². The average Bonchev–Trinajstić information content (AvgIpc) is 2.45. The molecule has 1 aromatic carbocycles. The predicted octanol–water partition coefficient (Wildman–Crippen LogP) is 1.93. The summed E-state index contributed by atoms with van der Waals surface area (Å²) in [6.07, 6.45) is 2.30. The van der Waals surface area contributed by atoms with Gasteiger partial charge >= 0.3 is 6.03 Å². The maximum Gasteiger partial charge on any atom is 0.312 e. The lowest BCUT2D eigenvalue weighted by atomic mass is 10.1. The van der Waals surface area contributed by atoms with Crippen molar-refractivity contribution in [3.8, 4) is 0 Å². The highest BCUT2D eigenvalue weighted by Gasteiger charge is 2.21. The highest BCUT2D eigenvalue weighted by Crippen LogP contribution is 2.16. The van der Waals surface area contributed by atoms with Gasteiger partial charge in [-0.15, -0.1) is 0 Å². The molecule has 1 rings (SSSR count). The van der Waals surface area contributed by atoms with E-state index in [9.17, 15) is 18.4 Å². The number of benzene rings is 1. The Bertz CT molecular complexity index is 543. The van der Waals surface area contributed by atoms with Crippen LogP contribution in [-0.4, -0.2) is 30.0 Å². The van der Waals surface area contributed by atoms with E-state index in [4.69, 9.17) is 5.73 Å². The number of thioether (sulfide) groups is 1. The molecule has 0 saturated heterocycles. The largest absolute Gasteiger partial charge is 0.352 e. The molecule has 0 aliphatic heterocycles. The molecule has 122 valence electrons. The number of amides is 3. The number of nitrogens with one attached hydrogen (secondary N) is 2. The van der Waals surface area contributed by atoms with Crippen LogP contribution < -0.4 is 16.4 Å². The van der Waals surface area contributed by atoms with Gasteiger partial charge < -0.3 is 16.4 Å². The summed E-state index contributed by atoms with van der Waals surface area (Å²) < 4.78 is 26.1. The van der Waals surface area contributed by atoms with E-state index in [2.05, 4.69) is 10.6 Å². The summed E-state index contributed by atoms with van der Waals surface area (Å²) in [4.78, 5) is 23.1. The first kappa shape index (κ1) is 18.2. The second kappa shape index (κ2) is 8.57. The van der Waals surface area contributed by atoms with E-state index in [-0.39, 0.29) is 0 Å². The number of halogens is 2. The number of hydrogen-bond acceptors (Lipinski definition) is 3. The van der Waals surface area contributed by atoms with Crippen LogP contribution in [0.15, 0.2) is 18.2 Å². The van der Waals surface area contributed by atoms with Crippen molar-refractivity contribution in [2.45, 2.75) is 25.4 Å². The first-order valence-electron chi connectivity index (χ1n) is 6.65. The normalized spacial score (nSPS) is 13.3. The highest BCUT2D eigenvalue weighted by atomic mass is 32.2. The molecule has 8 heteroatoms. The minimum absolute atomic E-state index is 0.417. The summed E-state index contributed by atoms with van der Waals surface area (Å²) in [5.74, 6) is -1.69. The molecular formula is C14H19F2N3O2S. The molecule has 0 fully saturated rings. The molecule has 0 spiro atoms. The molecule has 0 unspecified atom stereocenters. The molecule has 0 heterocycles. The van der Waals surface area contributed by atoms with E-state index >= 15 is 0 Å². The second-order valence-electron chi connectivity index (χ2n) is 4.75. The summed E-state index contributed by atoms with van der Waals surface area (Å²) in [6, 6.07) is 1.33. The van der Waals surface area contributed by atoms with Gasteiger partial charge in [0.25, 0.3) is 0 Å². The number of carbonyl (C=O) groups excluding carboxylic acids is 2. The van der Waals surface area contributed by atoms with E-state index in [1.165, 1.54) is 17.8 Å². The van der Waals surface area contributed by atoms with Gasteiger partial charge in [0.05, 0.1) is 6.04 Å². The molecule has 1 aromatic rings. The Balaban J connectivity index is 2.73. The molecule has 2 atom stereocenters. The summed E-state index contributed by atoms with van der Waals surface area (Å²) in [7, 11) is 0. The smallest absolute Gasteiger partial charge is 0.312 e. The number of nitrogens with two attached hydrogens (primary N) is 1. The number of carbonyl (C=O) groups is 2. The zero-order valence-electron chi connectivity index (χ0n) is 12.4. The standard InChI is InChI=1S/C14H19F2N3O2S/c1-8(9-3-4-10(15)11(16)7-9)18-13(20)12(5-6-22-2)19-14(17)21/h3-4,7-8,12H,5-6H2,1-2H3,(H,18,20)(H3,17,19,21)/t8-,12+/m1/s1. The van der Waals surface area contributed by atoms with E-state index in [1.807, 2.05) is 6.26 Å². The molecular weight excluding hydrogens is 312 g/mol. The monoisotopic (exact) mass is 331 g/mol. The highest BCUT2D eigenvalue weighted by molar-refractivity contribution is 7.98. The van der Waals surface area contributed by atoms with E-state index in [0.717, 1.165) is 12.1 Å². The van der Waals surface area contributed by atoms with Crippen molar-refractivity contribution in [3.05, 3.63) is 35.4 Å². The molecule has 4 N–H and O–H groups in total. The summed E-state index contributed by atoms with van der Waals surface area (Å²) in [6.45, 7) is 1.64. The lowest BCUT2D eigenvalue weighted by molar-refractivity contribution is -0.123. The van der Waals surface area contributed by atoms with Crippen LogP contribution in [0.4, 0.5) is 13.6 Å². The van der Waals surface area contributed by atoms with Gasteiger partial charge in [-0.3, -0.25) is 4.79 Å². The Morgan fingerprint density at radius 1 is 1.27 bits per heavy atom. The quantitative estimate of drug-likeness (QED) is 0.714. The third-order valence-electron chi connectivity index (χ3n) is 3.05. The molecule has 5 nitrogen and oxygen atoms in total. The van der Waals surface area contributed by atoms with Gasteiger partial charge in [0.2, 0.25) is 5.91 Å². The number of hydrogen-bond donors (Lipinski definition) is 3. The van der Waals surface area contributed by atoms with Crippen LogP contribution in [0, 0.1) is 11.6 Å². The molecule has 0 aliphatic carbocycles. The van der Waals surface area contributed by atoms with Crippen LogP contribution >= 0.6 is 11.8 Å². The maximum atomic E-state index is 13.2. The fraction of sp³-hybridized carbons (Fsp3) is 0.429. The fourth-order valence-corrected chi connectivity index (χ4v) is 2.33. The van der Waals surface area contributed by atoms with Gasteiger partial charge in [0, 0.05) is 0 Å². The predicted molar refractivity (Wildman–Crippen MR) is 82.4 cm³/mol. The van der Waals surface area contributed by atoms with Gasteiger partial charge in [-0.2, -0.15) is 11.8 Å². The third-order valence-corrected chi connectivity index (χ3v) is 3.69. The third kappa shape index (κ3) is 5.51. The fourth-order valence-electron chi connectivity index (χ4n) is 1.86. The van der Waals surface area contributed by atoms with Crippen molar-refractivity contribution in [1.29, 1.82) is 0 Å². The van der Waals surface area contributed by atoms with Crippen molar-refractivity contribution in [3.63, 3.8) is 0 Å². The molecule has 22 heavy (non-hydrogen) atoms. The van der Waals surface area contributed by atoms with Gasteiger partial charge in [-0.05, 0) is 43.0 Å². The summed E-state index contributed by atoms with van der Waals surface area (Å²) in [5.41, 5.74) is 5.48. The van der Waals surface area contributed by atoms with Gasteiger partial charge in [-0.25, -0.2) is 13.6 Å². The SMILES string of the molecule is CSCC[C@H](NC(N)=O)C(=O)N[C@H](C)c1ccc(F)c(F)c1. The molecule has 0 bridgehead atoms. The first-order chi connectivity index (χ1) is 10.3. The molecule has 0 radical (unpaired) electrons. The van der Waals surface area contributed by atoms with Crippen molar-refractivity contribution in [2.24, 2.45) is 5.73 Å². The number of urea groups is 1. The van der Waals surface area contributed by atoms with Crippen molar-refractivity contribution in [1.82, 2.24) is 10.6 Å². The Morgan fingerprint density at radius 2 is 1.95 bits per heavy atom. The van der Waals surface area contributed by atoms with Crippen molar-refractivity contribution >= 4 is 23.7 Å². The Hall–Kier alpha value is -1.83. The van der Waals surface area contributed by atoms with Crippen LogP contribution in [0.3, 0.4) is 0 Å². The zero-order chi connectivity index (χ0) is 16.7. The number of primary amides is 1. The topological polar surface area (TPSA) is 84.2 Å². The summed E-state index contributed by atoms with van der Waals surface area (Å²) in [5, 5.41) is 5.02.